The molecule has 2 aromatic heterocycles. The van der Waals surface area contributed by atoms with Gasteiger partial charge in [-0.25, -0.2) is 9.78 Å². The first-order chi connectivity index (χ1) is 9.63. The molecule has 0 unspecified atom stereocenters. The first kappa shape index (κ1) is 13.5. The number of hydrogen-bond donors (Lipinski definition) is 0. The van der Waals surface area contributed by atoms with Gasteiger partial charge in [-0.3, -0.25) is 0 Å². The number of hydrogen-bond acceptors (Lipinski definition) is 4. The number of nitrogens with zero attached hydrogens (tertiary/aromatic N) is 1. The van der Waals surface area contributed by atoms with E-state index in [1.165, 1.54) is 11.3 Å². The molecule has 0 bridgehead atoms. The molecule has 0 saturated heterocycles. The zero-order chi connectivity index (χ0) is 14.1. The zero-order valence-electron chi connectivity index (χ0n) is 9.97. The fourth-order valence-electron chi connectivity index (χ4n) is 1.71. The first-order valence-electron chi connectivity index (χ1n) is 5.65. The van der Waals surface area contributed by atoms with Gasteiger partial charge in [-0.15, -0.1) is 11.3 Å². The lowest BCUT2D eigenvalue weighted by Gasteiger charge is -1.99. The van der Waals surface area contributed by atoms with E-state index in [4.69, 9.17) is 16.0 Å². The predicted molar refractivity (Wildman–Crippen MR) is 86.0 cm³/mol. The number of para-hydroxylation sites is 1. The molecule has 2 heterocycles. The highest BCUT2D eigenvalue weighted by Crippen LogP contribution is 2.26. The third-order valence-electron chi connectivity index (χ3n) is 2.60. The summed E-state index contributed by atoms with van der Waals surface area (Å²) in [5, 5.41) is 2.68. The second-order valence-corrected chi connectivity index (χ2v) is 6.25. The average molecular weight is 369 g/mol. The van der Waals surface area contributed by atoms with Gasteiger partial charge in [-0.1, -0.05) is 23.7 Å². The van der Waals surface area contributed by atoms with E-state index >= 15 is 0 Å². The summed E-state index contributed by atoms with van der Waals surface area (Å²) in [7, 11) is 0. The van der Waals surface area contributed by atoms with Crippen LogP contribution in [0.4, 0.5) is 0 Å². The highest BCUT2D eigenvalue weighted by atomic mass is 79.9. The lowest BCUT2D eigenvalue weighted by molar-refractivity contribution is 0.489. The Kier molecular flexibility index (Phi) is 3.74. The summed E-state index contributed by atoms with van der Waals surface area (Å²) in [5.41, 5.74) is 0.127. The number of thiophene rings is 1. The van der Waals surface area contributed by atoms with Gasteiger partial charge in [0.2, 0.25) is 5.89 Å². The van der Waals surface area contributed by atoms with Crippen LogP contribution < -0.4 is 5.63 Å². The Labute approximate surface area is 131 Å². The van der Waals surface area contributed by atoms with E-state index in [1.54, 1.807) is 24.3 Å². The number of rotatable bonds is 2. The topological polar surface area (TPSA) is 43.1 Å². The van der Waals surface area contributed by atoms with Crippen LogP contribution in [-0.2, 0) is 0 Å². The van der Waals surface area contributed by atoms with Gasteiger partial charge >= 0.3 is 5.63 Å². The molecule has 0 aliphatic carbocycles. The van der Waals surface area contributed by atoms with Crippen molar-refractivity contribution in [1.82, 2.24) is 4.98 Å². The minimum Gasteiger partial charge on any atom is -0.402 e. The van der Waals surface area contributed by atoms with Gasteiger partial charge in [-0.05, 0) is 40.2 Å². The molecule has 0 aliphatic heterocycles. The van der Waals surface area contributed by atoms with Crippen molar-refractivity contribution in [3.8, 4) is 0 Å². The van der Waals surface area contributed by atoms with Gasteiger partial charge in [0.1, 0.15) is 5.03 Å². The molecule has 3 rings (SSSR count). The summed E-state index contributed by atoms with van der Waals surface area (Å²) < 4.78 is 6.14. The summed E-state index contributed by atoms with van der Waals surface area (Å²) in [4.78, 5) is 17.1. The van der Waals surface area contributed by atoms with Gasteiger partial charge in [0.15, 0.2) is 0 Å². The van der Waals surface area contributed by atoms with Crippen LogP contribution in [-0.4, -0.2) is 4.98 Å². The Balaban J connectivity index is 2.10. The molecule has 0 amide bonds. The fourth-order valence-corrected chi connectivity index (χ4v) is 3.35. The largest absolute Gasteiger partial charge is 0.402 e. The maximum absolute atomic E-state index is 11.9. The van der Waals surface area contributed by atoms with Crippen LogP contribution >= 0.6 is 38.9 Å². The lowest BCUT2D eigenvalue weighted by atomic mass is 10.2. The highest BCUT2D eigenvalue weighted by Gasteiger charge is 2.09. The summed E-state index contributed by atoms with van der Waals surface area (Å²) in [6, 6.07) is 8.92. The Morgan fingerprint density at radius 1 is 1.40 bits per heavy atom. The van der Waals surface area contributed by atoms with E-state index < -0.39 is 5.63 Å². The molecule has 0 fully saturated rings. The van der Waals surface area contributed by atoms with Gasteiger partial charge in [0.05, 0.1) is 10.9 Å². The summed E-state index contributed by atoms with van der Waals surface area (Å²) in [6.45, 7) is 0. The van der Waals surface area contributed by atoms with Gasteiger partial charge in [-0.2, -0.15) is 0 Å². The van der Waals surface area contributed by atoms with Gasteiger partial charge in [0.25, 0.3) is 0 Å². The van der Waals surface area contributed by atoms with Crippen LogP contribution in [0.3, 0.4) is 0 Å². The SMILES string of the molecule is O=c1oc(/C(Cl)=C/c2cc(Br)cs2)nc2ccccc12. The van der Waals surface area contributed by atoms with Crippen molar-refractivity contribution < 1.29 is 4.42 Å². The zero-order valence-corrected chi connectivity index (χ0v) is 13.1. The molecule has 6 heteroatoms. The molecule has 0 spiro atoms. The normalized spacial score (nSPS) is 12.0. The fraction of sp³-hybridized carbons (Fsp3) is 0. The van der Waals surface area contributed by atoms with E-state index in [2.05, 4.69) is 20.9 Å². The van der Waals surface area contributed by atoms with Crippen LogP contribution in [0.2, 0.25) is 0 Å². The minimum atomic E-state index is -0.440. The van der Waals surface area contributed by atoms with Gasteiger partial charge in [0, 0.05) is 14.7 Å². The van der Waals surface area contributed by atoms with Gasteiger partial charge < -0.3 is 4.42 Å². The molecule has 0 radical (unpaired) electrons. The number of aromatic nitrogens is 1. The lowest BCUT2D eigenvalue weighted by Crippen LogP contribution is -2.03. The van der Waals surface area contributed by atoms with E-state index in [0.29, 0.717) is 15.9 Å². The smallest absolute Gasteiger partial charge is 0.347 e. The second kappa shape index (κ2) is 5.52. The van der Waals surface area contributed by atoms with E-state index in [9.17, 15) is 4.79 Å². The third kappa shape index (κ3) is 2.70. The average Bonchev–Trinajstić information content (AvgIpc) is 2.84. The number of halogens is 2. The van der Waals surface area contributed by atoms with Crippen LogP contribution in [0.5, 0.6) is 0 Å². The van der Waals surface area contributed by atoms with E-state index in [0.717, 1.165) is 9.35 Å². The molecule has 3 nitrogen and oxygen atoms in total. The number of fused-ring (bicyclic) bond motifs is 1. The van der Waals surface area contributed by atoms with Crippen molar-refractivity contribution in [2.75, 3.05) is 0 Å². The maximum atomic E-state index is 11.9. The Morgan fingerprint density at radius 2 is 2.20 bits per heavy atom. The molecule has 20 heavy (non-hydrogen) atoms. The third-order valence-corrected chi connectivity index (χ3v) is 4.51. The Morgan fingerprint density at radius 3 is 2.95 bits per heavy atom. The summed E-state index contributed by atoms with van der Waals surface area (Å²) >= 11 is 11.1. The predicted octanol–water partition coefficient (Wildman–Crippen LogP) is 4.75. The summed E-state index contributed by atoms with van der Waals surface area (Å²) in [5.74, 6) is 0.125. The van der Waals surface area contributed by atoms with Crippen LogP contribution in [0.1, 0.15) is 10.8 Å². The van der Waals surface area contributed by atoms with Crippen molar-refractivity contribution in [3.05, 3.63) is 61.4 Å². The molecule has 0 aliphatic rings. The molecule has 0 N–H and O–H groups in total. The van der Waals surface area contributed by atoms with E-state index in [1.807, 2.05) is 17.5 Å². The van der Waals surface area contributed by atoms with Crippen molar-refractivity contribution in [3.63, 3.8) is 0 Å². The molecule has 1 aromatic carbocycles. The second-order valence-electron chi connectivity index (χ2n) is 3.98. The Bertz CT molecular complexity index is 869. The van der Waals surface area contributed by atoms with Crippen LogP contribution in [0.15, 0.2) is 49.4 Å². The Hall–Kier alpha value is -1.43. The molecule has 100 valence electrons. The molecular weight excluding hydrogens is 362 g/mol. The molecule has 0 saturated carbocycles. The molecular formula is C14H7BrClNO2S. The maximum Gasteiger partial charge on any atom is 0.347 e. The molecule has 3 aromatic rings. The van der Waals surface area contributed by atoms with E-state index in [-0.39, 0.29) is 5.89 Å². The minimum absolute atomic E-state index is 0.125. The quantitative estimate of drug-likeness (QED) is 0.655. The van der Waals surface area contributed by atoms with Crippen molar-refractivity contribution in [2.24, 2.45) is 0 Å². The summed E-state index contributed by atoms with van der Waals surface area (Å²) in [6.07, 6.45) is 1.72. The van der Waals surface area contributed by atoms with Crippen molar-refractivity contribution >= 4 is 60.9 Å². The standard InChI is InChI=1S/C14H7BrClNO2S/c15-8-5-9(20-7-8)6-11(16)13-17-12-4-2-1-3-10(12)14(18)19-13/h1-7H/b11-6-. The van der Waals surface area contributed by atoms with Crippen molar-refractivity contribution in [1.29, 1.82) is 0 Å². The van der Waals surface area contributed by atoms with Crippen LogP contribution in [0.25, 0.3) is 22.0 Å². The van der Waals surface area contributed by atoms with Crippen LogP contribution in [0, 0.1) is 0 Å². The first-order valence-corrected chi connectivity index (χ1v) is 7.70. The van der Waals surface area contributed by atoms with Crippen molar-refractivity contribution in [2.45, 2.75) is 0 Å². The number of benzene rings is 1. The highest BCUT2D eigenvalue weighted by molar-refractivity contribution is 9.10. The monoisotopic (exact) mass is 367 g/mol. The molecule has 0 atom stereocenters.